The van der Waals surface area contributed by atoms with Crippen LogP contribution >= 0.6 is 0 Å². The third kappa shape index (κ3) is 4.41. The van der Waals surface area contributed by atoms with Crippen molar-refractivity contribution in [2.24, 2.45) is 5.92 Å². The van der Waals surface area contributed by atoms with E-state index >= 15 is 0 Å². The molecule has 130 valence electrons. The SMILES string of the molecule is CCN(C(=O)C(Cc1ccc([N+](=O)[O-])cc1)C(=O)O)c1ccccc1. The summed E-state index contributed by atoms with van der Waals surface area (Å²) in [5.41, 5.74) is 1.10. The number of para-hydroxylation sites is 1. The molecule has 0 aliphatic carbocycles. The molecule has 1 amide bonds. The summed E-state index contributed by atoms with van der Waals surface area (Å²) >= 11 is 0. The van der Waals surface area contributed by atoms with Gasteiger partial charge in [0.25, 0.3) is 5.69 Å². The van der Waals surface area contributed by atoms with Crippen molar-refractivity contribution in [3.8, 4) is 0 Å². The third-order valence-electron chi connectivity index (χ3n) is 3.83. The Morgan fingerprint density at radius 2 is 1.72 bits per heavy atom. The maximum atomic E-state index is 12.7. The number of nitro benzene ring substituents is 1. The van der Waals surface area contributed by atoms with Crippen molar-refractivity contribution in [2.75, 3.05) is 11.4 Å². The first-order valence-corrected chi connectivity index (χ1v) is 7.76. The fourth-order valence-corrected chi connectivity index (χ4v) is 2.53. The van der Waals surface area contributed by atoms with E-state index in [0.29, 0.717) is 17.8 Å². The predicted molar refractivity (Wildman–Crippen MR) is 92.4 cm³/mol. The molecule has 25 heavy (non-hydrogen) atoms. The molecule has 0 aliphatic rings. The van der Waals surface area contributed by atoms with E-state index in [0.717, 1.165) is 0 Å². The van der Waals surface area contributed by atoms with Crippen LogP contribution in [0.25, 0.3) is 0 Å². The van der Waals surface area contributed by atoms with Gasteiger partial charge in [0.1, 0.15) is 5.92 Å². The number of nitro groups is 1. The predicted octanol–water partition coefficient (Wildman–Crippen LogP) is 2.89. The van der Waals surface area contributed by atoms with Crippen molar-refractivity contribution >= 4 is 23.3 Å². The fraction of sp³-hybridized carbons (Fsp3) is 0.222. The molecule has 1 unspecified atom stereocenters. The van der Waals surface area contributed by atoms with Gasteiger partial charge >= 0.3 is 5.97 Å². The average Bonchev–Trinajstić information content (AvgIpc) is 2.61. The minimum Gasteiger partial charge on any atom is -0.481 e. The maximum absolute atomic E-state index is 12.7. The number of benzene rings is 2. The second-order valence-corrected chi connectivity index (χ2v) is 5.44. The molecule has 0 fully saturated rings. The summed E-state index contributed by atoms with van der Waals surface area (Å²) in [6.45, 7) is 2.11. The smallest absolute Gasteiger partial charge is 0.316 e. The maximum Gasteiger partial charge on any atom is 0.316 e. The van der Waals surface area contributed by atoms with Crippen LogP contribution in [0.15, 0.2) is 54.6 Å². The molecule has 2 rings (SSSR count). The van der Waals surface area contributed by atoms with Crippen LogP contribution in [0.4, 0.5) is 11.4 Å². The average molecular weight is 342 g/mol. The monoisotopic (exact) mass is 342 g/mol. The number of nitrogens with zero attached hydrogens (tertiary/aromatic N) is 2. The van der Waals surface area contributed by atoms with Crippen LogP contribution in [0.3, 0.4) is 0 Å². The van der Waals surface area contributed by atoms with Gasteiger partial charge in [-0.3, -0.25) is 19.7 Å². The Morgan fingerprint density at radius 3 is 2.20 bits per heavy atom. The van der Waals surface area contributed by atoms with Gasteiger partial charge in [0.15, 0.2) is 0 Å². The lowest BCUT2D eigenvalue weighted by Crippen LogP contribution is -2.40. The molecule has 1 atom stereocenters. The van der Waals surface area contributed by atoms with Gasteiger partial charge in [-0.15, -0.1) is 0 Å². The number of carbonyl (C=O) groups is 2. The quantitative estimate of drug-likeness (QED) is 0.474. The lowest BCUT2D eigenvalue weighted by Gasteiger charge is -2.24. The zero-order valence-corrected chi connectivity index (χ0v) is 13.7. The number of carbonyl (C=O) groups excluding carboxylic acids is 1. The summed E-state index contributed by atoms with van der Waals surface area (Å²) < 4.78 is 0. The van der Waals surface area contributed by atoms with Crippen molar-refractivity contribution in [2.45, 2.75) is 13.3 Å². The molecule has 2 aromatic rings. The molecule has 1 N–H and O–H groups in total. The number of rotatable bonds is 7. The number of aliphatic carboxylic acids is 1. The Kier molecular flexibility index (Phi) is 5.84. The van der Waals surface area contributed by atoms with Crippen LogP contribution in [-0.2, 0) is 16.0 Å². The van der Waals surface area contributed by atoms with Crippen molar-refractivity contribution in [3.05, 3.63) is 70.3 Å². The molecular weight excluding hydrogens is 324 g/mol. The number of amides is 1. The Balaban J connectivity index is 2.23. The molecule has 0 spiro atoms. The van der Waals surface area contributed by atoms with Gasteiger partial charge in [0.05, 0.1) is 4.92 Å². The molecule has 7 heteroatoms. The summed E-state index contributed by atoms with van der Waals surface area (Å²) in [5.74, 6) is -3.00. The molecule has 2 aromatic carbocycles. The highest BCUT2D eigenvalue weighted by Gasteiger charge is 2.31. The molecule has 0 radical (unpaired) electrons. The van der Waals surface area contributed by atoms with Crippen molar-refractivity contribution in [1.29, 1.82) is 0 Å². The molecule has 0 saturated carbocycles. The van der Waals surface area contributed by atoms with E-state index in [1.54, 1.807) is 31.2 Å². The summed E-state index contributed by atoms with van der Waals surface area (Å²) in [4.78, 5) is 35.9. The van der Waals surface area contributed by atoms with Crippen LogP contribution < -0.4 is 4.90 Å². The Morgan fingerprint density at radius 1 is 1.12 bits per heavy atom. The number of carboxylic acids is 1. The topological polar surface area (TPSA) is 101 Å². The third-order valence-corrected chi connectivity index (χ3v) is 3.83. The number of anilines is 1. The second kappa shape index (κ2) is 8.05. The molecule has 0 aliphatic heterocycles. The number of non-ortho nitro benzene ring substituents is 1. The van der Waals surface area contributed by atoms with E-state index in [-0.39, 0.29) is 12.1 Å². The standard InChI is InChI=1S/C18H18N2O5/c1-2-19(14-6-4-3-5-7-14)17(21)16(18(22)23)12-13-8-10-15(11-9-13)20(24)25/h3-11,16H,2,12H2,1H3,(H,22,23). The van der Waals surface area contributed by atoms with Gasteiger partial charge in [0.2, 0.25) is 5.91 Å². The molecule has 7 nitrogen and oxygen atoms in total. The summed E-state index contributed by atoms with van der Waals surface area (Å²) in [5, 5.41) is 20.2. The van der Waals surface area contributed by atoms with Crippen LogP contribution in [0.5, 0.6) is 0 Å². The molecule has 0 saturated heterocycles. The molecule has 0 bridgehead atoms. The minimum atomic E-state index is -1.26. The lowest BCUT2D eigenvalue weighted by atomic mass is 9.97. The van der Waals surface area contributed by atoms with E-state index in [2.05, 4.69) is 0 Å². The van der Waals surface area contributed by atoms with Gasteiger partial charge < -0.3 is 10.0 Å². The van der Waals surface area contributed by atoms with E-state index in [9.17, 15) is 24.8 Å². The van der Waals surface area contributed by atoms with E-state index < -0.39 is 22.7 Å². The first kappa shape index (κ1) is 18.1. The zero-order valence-electron chi connectivity index (χ0n) is 13.7. The highest BCUT2D eigenvalue weighted by molar-refractivity contribution is 6.05. The van der Waals surface area contributed by atoms with Gasteiger partial charge in [0, 0.05) is 24.4 Å². The normalized spacial score (nSPS) is 11.6. The second-order valence-electron chi connectivity index (χ2n) is 5.44. The number of carboxylic acid groups (broad SMARTS) is 1. The van der Waals surface area contributed by atoms with Crippen molar-refractivity contribution in [1.82, 2.24) is 0 Å². The molecular formula is C18H18N2O5. The summed E-state index contributed by atoms with van der Waals surface area (Å²) in [6, 6.07) is 14.4. The van der Waals surface area contributed by atoms with E-state index in [4.69, 9.17) is 0 Å². The van der Waals surface area contributed by atoms with Gasteiger partial charge in [-0.05, 0) is 31.0 Å². The number of hydrogen-bond acceptors (Lipinski definition) is 4. The number of hydrogen-bond donors (Lipinski definition) is 1. The van der Waals surface area contributed by atoms with Gasteiger partial charge in [-0.2, -0.15) is 0 Å². The minimum absolute atomic E-state index is 0.0322. The Bertz CT molecular complexity index is 759. The van der Waals surface area contributed by atoms with Crippen LogP contribution in [0, 0.1) is 16.0 Å². The van der Waals surface area contributed by atoms with E-state index in [1.807, 2.05) is 6.07 Å². The molecule has 0 aromatic heterocycles. The van der Waals surface area contributed by atoms with Crippen LogP contribution in [-0.4, -0.2) is 28.5 Å². The lowest BCUT2D eigenvalue weighted by molar-refractivity contribution is -0.384. The highest BCUT2D eigenvalue weighted by Crippen LogP contribution is 2.20. The summed E-state index contributed by atoms with van der Waals surface area (Å²) in [7, 11) is 0. The summed E-state index contributed by atoms with van der Waals surface area (Å²) in [6.07, 6.45) is -0.0322. The van der Waals surface area contributed by atoms with Gasteiger partial charge in [-0.1, -0.05) is 30.3 Å². The van der Waals surface area contributed by atoms with Crippen molar-refractivity contribution < 1.29 is 19.6 Å². The molecule has 0 heterocycles. The largest absolute Gasteiger partial charge is 0.481 e. The zero-order chi connectivity index (χ0) is 18.4. The fourth-order valence-electron chi connectivity index (χ4n) is 2.53. The van der Waals surface area contributed by atoms with Crippen LogP contribution in [0.1, 0.15) is 12.5 Å². The highest BCUT2D eigenvalue weighted by atomic mass is 16.6. The van der Waals surface area contributed by atoms with Gasteiger partial charge in [-0.25, -0.2) is 0 Å². The Hall–Kier alpha value is -3.22. The van der Waals surface area contributed by atoms with Crippen molar-refractivity contribution in [3.63, 3.8) is 0 Å². The first-order chi connectivity index (χ1) is 11.9. The van der Waals surface area contributed by atoms with Crippen LogP contribution in [0.2, 0.25) is 0 Å². The first-order valence-electron chi connectivity index (χ1n) is 7.76. The Labute approximate surface area is 144 Å². The van der Waals surface area contributed by atoms with E-state index in [1.165, 1.54) is 29.2 Å².